The van der Waals surface area contributed by atoms with Gasteiger partial charge in [-0.15, -0.1) is 0 Å². The molecule has 1 amide bonds. The van der Waals surface area contributed by atoms with E-state index in [0.29, 0.717) is 18.8 Å². The fourth-order valence-electron chi connectivity index (χ4n) is 1.58. The van der Waals surface area contributed by atoms with E-state index in [1.807, 2.05) is 6.92 Å². The molecule has 1 aromatic rings. The first-order chi connectivity index (χ1) is 8.61. The molecule has 2 N–H and O–H groups in total. The van der Waals surface area contributed by atoms with Crippen LogP contribution in [-0.2, 0) is 0 Å². The quantitative estimate of drug-likeness (QED) is 0.599. The number of para-hydroxylation sites is 1. The van der Waals surface area contributed by atoms with Crippen LogP contribution in [0, 0.1) is 10.1 Å². The van der Waals surface area contributed by atoms with E-state index in [0.717, 1.165) is 6.42 Å². The molecule has 0 heterocycles. The van der Waals surface area contributed by atoms with Gasteiger partial charge in [-0.05, 0) is 25.5 Å². The van der Waals surface area contributed by atoms with Crippen molar-refractivity contribution in [1.82, 2.24) is 5.32 Å². The Morgan fingerprint density at radius 2 is 2.11 bits per heavy atom. The lowest BCUT2D eigenvalue weighted by molar-refractivity contribution is -0.384. The summed E-state index contributed by atoms with van der Waals surface area (Å²) in [4.78, 5) is 22.3. The third-order valence-electron chi connectivity index (χ3n) is 2.37. The number of benzene rings is 1. The number of nitrogens with zero attached hydrogens (tertiary/aromatic N) is 1. The molecule has 0 aromatic heterocycles. The molecular weight excluding hydrogens is 234 g/mol. The SMILES string of the molecule is CCCNc1cccc(C(=O)NCC)c1[N+](=O)[O-]. The van der Waals surface area contributed by atoms with Gasteiger partial charge >= 0.3 is 5.69 Å². The molecule has 0 saturated heterocycles. The number of hydrogen-bond donors (Lipinski definition) is 2. The molecule has 98 valence electrons. The Morgan fingerprint density at radius 1 is 1.39 bits per heavy atom. The van der Waals surface area contributed by atoms with Crippen molar-refractivity contribution in [3.63, 3.8) is 0 Å². The van der Waals surface area contributed by atoms with Gasteiger partial charge in [0.25, 0.3) is 5.91 Å². The van der Waals surface area contributed by atoms with E-state index < -0.39 is 10.8 Å². The first-order valence-electron chi connectivity index (χ1n) is 5.91. The van der Waals surface area contributed by atoms with Crippen LogP contribution in [0.2, 0.25) is 0 Å². The Balaban J connectivity index is 3.17. The van der Waals surface area contributed by atoms with E-state index in [9.17, 15) is 14.9 Å². The molecule has 6 nitrogen and oxygen atoms in total. The van der Waals surface area contributed by atoms with E-state index >= 15 is 0 Å². The molecule has 0 aliphatic carbocycles. The molecule has 0 radical (unpaired) electrons. The van der Waals surface area contributed by atoms with E-state index in [4.69, 9.17) is 0 Å². The van der Waals surface area contributed by atoms with Crippen LogP contribution in [0.25, 0.3) is 0 Å². The Labute approximate surface area is 106 Å². The Hall–Kier alpha value is -2.11. The lowest BCUT2D eigenvalue weighted by atomic mass is 10.1. The summed E-state index contributed by atoms with van der Waals surface area (Å²) in [7, 11) is 0. The van der Waals surface area contributed by atoms with Gasteiger partial charge in [0.2, 0.25) is 0 Å². The minimum Gasteiger partial charge on any atom is -0.379 e. The molecule has 0 spiro atoms. The number of anilines is 1. The van der Waals surface area contributed by atoms with Gasteiger partial charge in [-0.1, -0.05) is 13.0 Å². The normalized spacial score (nSPS) is 9.89. The van der Waals surface area contributed by atoms with Crippen LogP contribution in [0.15, 0.2) is 18.2 Å². The molecule has 0 aliphatic rings. The van der Waals surface area contributed by atoms with Crippen molar-refractivity contribution in [2.75, 3.05) is 18.4 Å². The van der Waals surface area contributed by atoms with Crippen molar-refractivity contribution in [2.24, 2.45) is 0 Å². The average Bonchev–Trinajstić information content (AvgIpc) is 2.35. The van der Waals surface area contributed by atoms with E-state index in [-0.39, 0.29) is 11.3 Å². The van der Waals surface area contributed by atoms with Crippen molar-refractivity contribution in [3.05, 3.63) is 33.9 Å². The highest BCUT2D eigenvalue weighted by Gasteiger charge is 2.23. The third kappa shape index (κ3) is 3.19. The summed E-state index contributed by atoms with van der Waals surface area (Å²) in [6, 6.07) is 4.70. The summed E-state index contributed by atoms with van der Waals surface area (Å²) < 4.78 is 0. The summed E-state index contributed by atoms with van der Waals surface area (Å²) in [5, 5.41) is 16.6. The predicted molar refractivity (Wildman–Crippen MR) is 69.9 cm³/mol. The molecule has 0 bridgehead atoms. The van der Waals surface area contributed by atoms with Crippen LogP contribution < -0.4 is 10.6 Å². The first-order valence-corrected chi connectivity index (χ1v) is 5.91. The molecule has 0 saturated carbocycles. The van der Waals surface area contributed by atoms with Crippen LogP contribution in [0.3, 0.4) is 0 Å². The van der Waals surface area contributed by atoms with Crippen LogP contribution in [0.4, 0.5) is 11.4 Å². The van der Waals surface area contributed by atoms with Gasteiger partial charge < -0.3 is 10.6 Å². The molecule has 0 atom stereocenters. The molecular formula is C12H17N3O3. The lowest BCUT2D eigenvalue weighted by Crippen LogP contribution is -2.24. The molecule has 0 fully saturated rings. The van der Waals surface area contributed by atoms with Gasteiger partial charge in [-0.3, -0.25) is 14.9 Å². The minimum atomic E-state index is -0.525. The maximum absolute atomic E-state index is 11.8. The summed E-state index contributed by atoms with van der Waals surface area (Å²) >= 11 is 0. The van der Waals surface area contributed by atoms with E-state index in [1.54, 1.807) is 19.1 Å². The number of carbonyl (C=O) groups excluding carboxylic acids is 1. The number of nitro benzene ring substituents is 1. The van der Waals surface area contributed by atoms with Gasteiger partial charge in [-0.25, -0.2) is 0 Å². The molecule has 18 heavy (non-hydrogen) atoms. The fourth-order valence-corrected chi connectivity index (χ4v) is 1.58. The van der Waals surface area contributed by atoms with Crippen molar-refractivity contribution in [2.45, 2.75) is 20.3 Å². The Kier molecular flexibility index (Phi) is 5.10. The Morgan fingerprint density at radius 3 is 2.67 bits per heavy atom. The maximum Gasteiger partial charge on any atom is 0.305 e. The number of hydrogen-bond acceptors (Lipinski definition) is 4. The van der Waals surface area contributed by atoms with E-state index in [2.05, 4.69) is 10.6 Å². The van der Waals surface area contributed by atoms with Crippen LogP contribution in [0.1, 0.15) is 30.6 Å². The second-order valence-electron chi connectivity index (χ2n) is 3.75. The molecule has 6 heteroatoms. The second kappa shape index (κ2) is 6.58. The van der Waals surface area contributed by atoms with Gasteiger partial charge in [0.05, 0.1) is 4.92 Å². The number of amides is 1. The van der Waals surface area contributed by atoms with Crippen LogP contribution in [-0.4, -0.2) is 23.9 Å². The topological polar surface area (TPSA) is 84.3 Å². The second-order valence-corrected chi connectivity index (χ2v) is 3.75. The summed E-state index contributed by atoms with van der Waals surface area (Å²) in [5.74, 6) is -0.427. The van der Waals surface area contributed by atoms with Crippen LogP contribution >= 0.6 is 0 Å². The van der Waals surface area contributed by atoms with Gasteiger partial charge in [0.1, 0.15) is 11.3 Å². The van der Waals surface area contributed by atoms with Crippen molar-refractivity contribution < 1.29 is 9.72 Å². The zero-order valence-electron chi connectivity index (χ0n) is 10.5. The zero-order chi connectivity index (χ0) is 13.5. The number of rotatable bonds is 6. The molecule has 1 aromatic carbocycles. The monoisotopic (exact) mass is 251 g/mol. The van der Waals surface area contributed by atoms with Crippen molar-refractivity contribution in [3.8, 4) is 0 Å². The average molecular weight is 251 g/mol. The summed E-state index contributed by atoms with van der Waals surface area (Å²) in [6.07, 6.45) is 0.850. The largest absolute Gasteiger partial charge is 0.379 e. The van der Waals surface area contributed by atoms with Gasteiger partial charge in [0.15, 0.2) is 0 Å². The summed E-state index contributed by atoms with van der Waals surface area (Å²) in [6.45, 7) is 4.79. The van der Waals surface area contributed by atoms with Crippen LogP contribution in [0.5, 0.6) is 0 Å². The minimum absolute atomic E-state index is 0.0861. The number of nitro groups is 1. The highest BCUT2D eigenvalue weighted by atomic mass is 16.6. The molecule has 1 rings (SSSR count). The first kappa shape index (κ1) is 14.0. The van der Waals surface area contributed by atoms with E-state index in [1.165, 1.54) is 6.07 Å². The highest BCUT2D eigenvalue weighted by molar-refractivity contribution is 6.00. The molecule has 0 unspecified atom stereocenters. The smallest absolute Gasteiger partial charge is 0.305 e. The lowest BCUT2D eigenvalue weighted by Gasteiger charge is -2.09. The predicted octanol–water partition coefficient (Wildman–Crippen LogP) is 2.17. The maximum atomic E-state index is 11.8. The third-order valence-corrected chi connectivity index (χ3v) is 2.37. The Bertz CT molecular complexity index is 446. The van der Waals surface area contributed by atoms with Crippen molar-refractivity contribution in [1.29, 1.82) is 0 Å². The highest BCUT2D eigenvalue weighted by Crippen LogP contribution is 2.28. The van der Waals surface area contributed by atoms with Gasteiger partial charge in [0, 0.05) is 13.1 Å². The van der Waals surface area contributed by atoms with Gasteiger partial charge in [-0.2, -0.15) is 0 Å². The number of nitrogens with one attached hydrogen (secondary N) is 2. The fraction of sp³-hybridized carbons (Fsp3) is 0.417. The summed E-state index contributed by atoms with van der Waals surface area (Å²) in [5.41, 5.74) is 0.297. The number of carbonyl (C=O) groups is 1. The molecule has 0 aliphatic heterocycles. The standard InChI is InChI=1S/C12H17N3O3/c1-3-8-14-10-7-5-6-9(11(10)15(17)18)12(16)13-4-2/h5-7,14H,3-4,8H2,1-2H3,(H,13,16). The zero-order valence-corrected chi connectivity index (χ0v) is 10.5. The van der Waals surface area contributed by atoms with Crippen molar-refractivity contribution >= 4 is 17.3 Å².